The van der Waals surface area contributed by atoms with Crippen molar-refractivity contribution < 1.29 is 13.2 Å². The molecule has 1 spiro atoms. The zero-order valence-corrected chi connectivity index (χ0v) is 15.5. The van der Waals surface area contributed by atoms with Gasteiger partial charge in [0.15, 0.2) is 0 Å². The molecule has 0 aliphatic carbocycles. The number of benzene rings is 1. The van der Waals surface area contributed by atoms with Gasteiger partial charge in [-0.1, -0.05) is 30.3 Å². The Morgan fingerprint density at radius 3 is 2.46 bits per heavy atom. The molecule has 1 atom stereocenters. The van der Waals surface area contributed by atoms with Crippen LogP contribution in [-0.2, 0) is 21.3 Å². The fourth-order valence-corrected chi connectivity index (χ4v) is 5.42. The molecule has 2 aliphatic heterocycles. The van der Waals surface area contributed by atoms with Crippen molar-refractivity contribution in [2.45, 2.75) is 31.8 Å². The summed E-state index contributed by atoms with van der Waals surface area (Å²) in [7, 11) is -1.52. The molecule has 2 heterocycles. The van der Waals surface area contributed by atoms with E-state index < -0.39 is 10.0 Å². The van der Waals surface area contributed by atoms with Gasteiger partial charge in [0.2, 0.25) is 10.0 Å². The first-order valence-electron chi connectivity index (χ1n) is 8.64. The van der Waals surface area contributed by atoms with Crippen molar-refractivity contribution in [3.8, 4) is 0 Å². The first-order valence-corrected chi connectivity index (χ1v) is 10.5. The van der Waals surface area contributed by atoms with E-state index in [1.165, 1.54) is 11.8 Å². The molecule has 0 aromatic heterocycles. The number of likely N-dealkylation sites (tertiary alicyclic amines) is 1. The highest BCUT2D eigenvalue weighted by molar-refractivity contribution is 7.88. The largest absolute Gasteiger partial charge is 0.383 e. The molecule has 24 heavy (non-hydrogen) atoms. The highest BCUT2D eigenvalue weighted by Gasteiger charge is 2.48. The van der Waals surface area contributed by atoms with Gasteiger partial charge in [-0.2, -0.15) is 4.31 Å². The molecule has 0 saturated carbocycles. The van der Waals surface area contributed by atoms with Crippen LogP contribution in [0.1, 0.15) is 24.8 Å². The number of ether oxygens (including phenoxy) is 1. The van der Waals surface area contributed by atoms with Crippen molar-refractivity contribution in [2.24, 2.45) is 5.41 Å². The average molecular weight is 353 g/mol. The van der Waals surface area contributed by atoms with Crippen LogP contribution in [0.4, 0.5) is 0 Å². The Kier molecular flexibility index (Phi) is 5.30. The fourth-order valence-electron chi connectivity index (χ4n) is 4.24. The summed E-state index contributed by atoms with van der Waals surface area (Å²) in [5, 5.41) is 0. The zero-order valence-electron chi connectivity index (χ0n) is 14.6. The lowest BCUT2D eigenvalue weighted by atomic mass is 9.76. The molecule has 0 amide bonds. The van der Waals surface area contributed by atoms with E-state index in [4.69, 9.17) is 4.74 Å². The first-order chi connectivity index (χ1) is 11.4. The van der Waals surface area contributed by atoms with Crippen molar-refractivity contribution in [2.75, 3.05) is 39.6 Å². The zero-order chi connectivity index (χ0) is 17.2. The summed E-state index contributed by atoms with van der Waals surface area (Å²) in [5.74, 6) is 0. The molecule has 0 bridgehead atoms. The molecule has 2 aliphatic rings. The second-order valence-corrected chi connectivity index (χ2v) is 9.32. The van der Waals surface area contributed by atoms with Crippen LogP contribution in [0.2, 0.25) is 0 Å². The molecule has 3 rings (SSSR count). The number of methoxy groups -OCH3 is 1. The summed E-state index contributed by atoms with van der Waals surface area (Å²) >= 11 is 0. The highest BCUT2D eigenvalue weighted by Crippen LogP contribution is 2.44. The predicted octanol–water partition coefficient (Wildman–Crippen LogP) is 1.95. The third kappa shape index (κ3) is 3.99. The van der Waals surface area contributed by atoms with Gasteiger partial charge in [-0.15, -0.1) is 0 Å². The van der Waals surface area contributed by atoms with E-state index in [9.17, 15) is 8.42 Å². The van der Waals surface area contributed by atoms with E-state index in [1.807, 2.05) is 6.07 Å². The van der Waals surface area contributed by atoms with Gasteiger partial charge in [0.05, 0.1) is 12.9 Å². The second-order valence-electron chi connectivity index (χ2n) is 7.38. The average Bonchev–Trinajstić information content (AvgIpc) is 2.90. The standard InChI is InChI=1S/C18H28N2O3S/c1-23-14-17-12-18(15-20(17)24(2,21)22)8-10-19(11-9-18)13-16-6-4-3-5-7-16/h3-7,17H,8-15H2,1-2H3/t17-/m1/s1. The maximum Gasteiger partial charge on any atom is 0.211 e. The monoisotopic (exact) mass is 352 g/mol. The Morgan fingerprint density at radius 2 is 1.88 bits per heavy atom. The molecule has 2 saturated heterocycles. The number of hydrogen-bond donors (Lipinski definition) is 0. The molecule has 0 radical (unpaired) electrons. The Morgan fingerprint density at radius 1 is 1.21 bits per heavy atom. The van der Waals surface area contributed by atoms with Crippen molar-refractivity contribution >= 4 is 10.0 Å². The van der Waals surface area contributed by atoms with Gasteiger partial charge in [0.1, 0.15) is 0 Å². The molecule has 6 heteroatoms. The van der Waals surface area contributed by atoms with Crippen LogP contribution in [0, 0.1) is 5.41 Å². The topological polar surface area (TPSA) is 49.9 Å². The van der Waals surface area contributed by atoms with Gasteiger partial charge in [0.25, 0.3) is 0 Å². The van der Waals surface area contributed by atoms with Crippen molar-refractivity contribution in [1.29, 1.82) is 0 Å². The summed E-state index contributed by atoms with van der Waals surface area (Å²) in [6, 6.07) is 10.5. The van der Waals surface area contributed by atoms with Crippen LogP contribution in [-0.4, -0.2) is 63.3 Å². The van der Waals surface area contributed by atoms with Crippen LogP contribution in [0.5, 0.6) is 0 Å². The number of sulfonamides is 1. The molecule has 134 valence electrons. The van der Waals surface area contributed by atoms with E-state index >= 15 is 0 Å². The van der Waals surface area contributed by atoms with Gasteiger partial charge >= 0.3 is 0 Å². The molecule has 0 N–H and O–H groups in total. The number of hydrogen-bond acceptors (Lipinski definition) is 4. The summed E-state index contributed by atoms with van der Waals surface area (Å²) in [4.78, 5) is 2.48. The van der Waals surface area contributed by atoms with Crippen LogP contribution in [0.3, 0.4) is 0 Å². The normalized spacial score (nSPS) is 25.3. The van der Waals surface area contributed by atoms with Crippen LogP contribution in [0.25, 0.3) is 0 Å². The summed E-state index contributed by atoms with van der Waals surface area (Å²) in [5.41, 5.74) is 1.47. The molecule has 0 unspecified atom stereocenters. The van der Waals surface area contributed by atoms with Crippen LogP contribution >= 0.6 is 0 Å². The predicted molar refractivity (Wildman–Crippen MR) is 95.2 cm³/mol. The molecule has 5 nitrogen and oxygen atoms in total. The second kappa shape index (κ2) is 7.12. The fraction of sp³-hybridized carbons (Fsp3) is 0.667. The van der Waals surface area contributed by atoms with Crippen molar-refractivity contribution in [1.82, 2.24) is 9.21 Å². The lowest BCUT2D eigenvalue weighted by molar-refractivity contribution is 0.105. The summed E-state index contributed by atoms with van der Waals surface area (Å²) in [6.07, 6.45) is 4.37. The van der Waals surface area contributed by atoms with E-state index in [2.05, 4.69) is 29.2 Å². The summed E-state index contributed by atoms with van der Waals surface area (Å²) in [6.45, 7) is 4.19. The maximum absolute atomic E-state index is 12.1. The van der Waals surface area contributed by atoms with E-state index in [1.54, 1.807) is 11.4 Å². The van der Waals surface area contributed by atoms with E-state index in [-0.39, 0.29) is 11.5 Å². The van der Waals surface area contributed by atoms with Crippen LogP contribution < -0.4 is 0 Å². The third-order valence-corrected chi connectivity index (χ3v) is 6.80. The van der Waals surface area contributed by atoms with Gasteiger partial charge in [-0.3, -0.25) is 4.90 Å². The maximum atomic E-state index is 12.1. The minimum Gasteiger partial charge on any atom is -0.383 e. The Balaban J connectivity index is 1.62. The lowest BCUT2D eigenvalue weighted by Gasteiger charge is -2.39. The number of rotatable bonds is 5. The smallest absolute Gasteiger partial charge is 0.211 e. The Labute approximate surface area is 145 Å². The Hall–Kier alpha value is -0.950. The van der Waals surface area contributed by atoms with E-state index in [0.717, 1.165) is 38.9 Å². The molecule has 1 aromatic rings. The highest BCUT2D eigenvalue weighted by atomic mass is 32.2. The summed E-state index contributed by atoms with van der Waals surface area (Å²) < 4.78 is 31.2. The minimum absolute atomic E-state index is 0.00864. The van der Waals surface area contributed by atoms with Gasteiger partial charge in [0, 0.05) is 26.2 Å². The quantitative estimate of drug-likeness (QED) is 0.813. The molecule has 1 aromatic carbocycles. The van der Waals surface area contributed by atoms with E-state index in [0.29, 0.717) is 13.2 Å². The lowest BCUT2D eigenvalue weighted by Crippen LogP contribution is -2.42. The van der Waals surface area contributed by atoms with Crippen molar-refractivity contribution in [3.63, 3.8) is 0 Å². The van der Waals surface area contributed by atoms with Crippen LogP contribution in [0.15, 0.2) is 30.3 Å². The first kappa shape index (κ1) is 17.9. The molecule has 2 fully saturated rings. The number of piperidine rings is 1. The number of nitrogens with zero attached hydrogens (tertiary/aromatic N) is 2. The van der Waals surface area contributed by atoms with Gasteiger partial charge in [-0.05, 0) is 43.3 Å². The van der Waals surface area contributed by atoms with Gasteiger partial charge < -0.3 is 4.74 Å². The SMILES string of the molecule is COC[C@H]1CC2(CCN(Cc3ccccc3)CC2)CN1S(C)(=O)=O. The third-order valence-electron chi connectivity index (χ3n) is 5.52. The molecular weight excluding hydrogens is 324 g/mol. The van der Waals surface area contributed by atoms with Gasteiger partial charge in [-0.25, -0.2) is 8.42 Å². The minimum atomic E-state index is -3.17. The van der Waals surface area contributed by atoms with Crippen molar-refractivity contribution in [3.05, 3.63) is 35.9 Å². The Bertz CT molecular complexity index is 639. The molecular formula is C18H28N2O3S.